The van der Waals surface area contributed by atoms with Gasteiger partial charge in [0.1, 0.15) is 0 Å². The summed E-state index contributed by atoms with van der Waals surface area (Å²) in [6.45, 7) is 28.2. The lowest BCUT2D eigenvalue weighted by molar-refractivity contribution is 0.145. The molecule has 246 valence electrons. The van der Waals surface area contributed by atoms with E-state index in [0.717, 1.165) is 17.9 Å². The number of sulfone groups is 2. The summed E-state index contributed by atoms with van der Waals surface area (Å²) in [7, 11) is -5.67. The van der Waals surface area contributed by atoms with E-state index >= 15 is 0 Å². The molecule has 0 aromatic carbocycles. The molecule has 7 nitrogen and oxygen atoms in total. The zero-order chi connectivity index (χ0) is 31.9. The summed E-state index contributed by atoms with van der Waals surface area (Å²) in [5, 5.41) is 10.7. The van der Waals surface area contributed by atoms with E-state index in [9.17, 15) is 16.8 Å². The number of rotatable bonds is 6. The van der Waals surface area contributed by atoms with Crippen LogP contribution < -0.4 is 16.0 Å². The Bertz CT molecular complexity index is 873. The van der Waals surface area contributed by atoms with Crippen LogP contribution in [0.15, 0.2) is 0 Å². The molecule has 0 aromatic rings. The Kier molecular flexibility index (Phi) is 15.3. The van der Waals surface area contributed by atoms with Gasteiger partial charge in [-0.25, -0.2) is 16.8 Å². The van der Waals surface area contributed by atoms with E-state index in [2.05, 4.69) is 106 Å². The van der Waals surface area contributed by atoms with Crippen molar-refractivity contribution in [2.24, 2.45) is 35.5 Å². The van der Waals surface area contributed by atoms with Gasteiger partial charge in [-0.2, -0.15) is 0 Å². The Hall–Kier alpha value is -0.220. The lowest BCUT2D eigenvalue weighted by Gasteiger charge is -2.44. The molecule has 3 aliphatic heterocycles. The standard InChI is InChI=1S/C12H25N.2C10H21NO2S/c1-9(2)11-7-6-8-12(5,13-11)10(3)4;2*1-7(2)9-5-14(12,13)6-10(11-9)8(3)4/h9-11,13H,6-8H2,1-5H3;2*7-11H,5-6H2,1-4H3/t11-,12?;9-,10+;9-,10-/m0.0/s1. The first-order chi connectivity index (χ1) is 18.6. The molecule has 0 amide bonds. The van der Waals surface area contributed by atoms with Crippen LogP contribution in [0.1, 0.15) is 109 Å². The SMILES string of the molecule is CC(C)[C@@H]1CCCC(C)(C(C)C)N1.CC(C)[C@@H]1CS(=O)(=O)C[C@@H](C(C)C)N1.CC(C)[C@@H]1CS(=O)(=O)C[C@H](C(C)C)N1. The van der Waals surface area contributed by atoms with Crippen molar-refractivity contribution in [1.29, 1.82) is 0 Å². The van der Waals surface area contributed by atoms with Gasteiger partial charge in [0.05, 0.1) is 23.0 Å². The van der Waals surface area contributed by atoms with Gasteiger partial charge < -0.3 is 16.0 Å². The predicted molar refractivity (Wildman–Crippen MR) is 177 cm³/mol. The van der Waals surface area contributed by atoms with E-state index in [-0.39, 0.29) is 24.2 Å². The van der Waals surface area contributed by atoms with Gasteiger partial charge in [-0.3, -0.25) is 0 Å². The smallest absolute Gasteiger partial charge is 0.153 e. The highest BCUT2D eigenvalue weighted by molar-refractivity contribution is 7.91. The normalized spacial score (nSPS) is 33.5. The molecule has 0 spiro atoms. The second-order valence-corrected chi connectivity index (χ2v) is 19.7. The summed E-state index contributed by atoms with van der Waals surface area (Å²) in [5.41, 5.74) is 0.382. The van der Waals surface area contributed by atoms with Crippen LogP contribution in [0.4, 0.5) is 0 Å². The maximum absolute atomic E-state index is 11.6. The first kappa shape index (κ1) is 38.8. The van der Waals surface area contributed by atoms with Crippen molar-refractivity contribution in [2.75, 3.05) is 23.0 Å². The second-order valence-electron chi connectivity index (χ2n) is 15.3. The molecule has 3 aliphatic rings. The van der Waals surface area contributed by atoms with E-state index < -0.39 is 19.7 Å². The first-order valence-corrected chi connectivity index (χ1v) is 19.9. The van der Waals surface area contributed by atoms with E-state index in [0.29, 0.717) is 52.2 Å². The van der Waals surface area contributed by atoms with Crippen LogP contribution in [0.5, 0.6) is 0 Å². The minimum absolute atomic E-state index is 0.126. The summed E-state index contributed by atoms with van der Waals surface area (Å²) in [6, 6.07) is 1.24. The Balaban J connectivity index is 0.000000308. The van der Waals surface area contributed by atoms with Gasteiger partial charge in [0.25, 0.3) is 0 Å². The molecule has 41 heavy (non-hydrogen) atoms. The van der Waals surface area contributed by atoms with Gasteiger partial charge in [0.15, 0.2) is 19.7 Å². The molecule has 0 radical (unpaired) electrons. The minimum Gasteiger partial charge on any atom is -0.309 e. The average Bonchev–Trinajstić information content (AvgIpc) is 2.82. The second kappa shape index (κ2) is 16.2. The van der Waals surface area contributed by atoms with Gasteiger partial charge in [0, 0.05) is 35.7 Å². The Labute approximate surface area is 255 Å². The number of hydrogen-bond donors (Lipinski definition) is 3. The van der Waals surface area contributed by atoms with E-state index in [1.807, 2.05) is 0 Å². The monoisotopic (exact) mass is 621 g/mol. The summed E-state index contributed by atoms with van der Waals surface area (Å²) >= 11 is 0. The van der Waals surface area contributed by atoms with Gasteiger partial charge in [-0.1, -0.05) is 89.5 Å². The maximum Gasteiger partial charge on any atom is 0.153 e. The lowest BCUT2D eigenvalue weighted by Crippen LogP contribution is -2.56. The fourth-order valence-electron chi connectivity index (χ4n) is 5.72. The molecule has 0 saturated carbocycles. The number of hydrogen-bond acceptors (Lipinski definition) is 7. The van der Waals surface area contributed by atoms with Gasteiger partial charge in [-0.15, -0.1) is 0 Å². The van der Waals surface area contributed by atoms with Gasteiger partial charge in [-0.05, 0) is 55.3 Å². The molecule has 3 rings (SSSR count). The van der Waals surface area contributed by atoms with Gasteiger partial charge >= 0.3 is 0 Å². The molecule has 0 aromatic heterocycles. The van der Waals surface area contributed by atoms with Crippen molar-refractivity contribution in [3.63, 3.8) is 0 Å². The zero-order valence-corrected chi connectivity index (χ0v) is 30.4. The molecule has 3 saturated heterocycles. The lowest BCUT2D eigenvalue weighted by atomic mass is 9.77. The molecular weight excluding hydrogens is 555 g/mol. The molecule has 1 unspecified atom stereocenters. The molecular formula is C32H67N3O4S2. The molecule has 9 heteroatoms. The molecule has 6 atom stereocenters. The molecule has 3 fully saturated rings. The van der Waals surface area contributed by atoms with Crippen LogP contribution in [-0.2, 0) is 19.7 Å². The number of nitrogens with one attached hydrogen (secondary N) is 3. The van der Waals surface area contributed by atoms with Crippen molar-refractivity contribution in [3.05, 3.63) is 0 Å². The third kappa shape index (κ3) is 13.1. The Morgan fingerprint density at radius 3 is 1.07 bits per heavy atom. The Morgan fingerprint density at radius 2 is 0.829 bits per heavy atom. The van der Waals surface area contributed by atoms with Crippen molar-refractivity contribution >= 4 is 19.7 Å². The summed E-state index contributed by atoms with van der Waals surface area (Å²) in [6.07, 6.45) is 4.10. The number of piperidine rings is 1. The highest BCUT2D eigenvalue weighted by atomic mass is 32.2. The third-order valence-electron chi connectivity index (χ3n) is 9.61. The summed E-state index contributed by atoms with van der Waals surface area (Å²) in [5.74, 6) is 4.24. The minimum atomic E-state index is -2.83. The van der Waals surface area contributed by atoms with Crippen molar-refractivity contribution in [2.45, 2.75) is 145 Å². The van der Waals surface area contributed by atoms with Crippen LogP contribution in [0.25, 0.3) is 0 Å². The van der Waals surface area contributed by atoms with Crippen molar-refractivity contribution in [1.82, 2.24) is 16.0 Å². The average molecular weight is 622 g/mol. The zero-order valence-electron chi connectivity index (χ0n) is 28.8. The van der Waals surface area contributed by atoms with Gasteiger partial charge in [0.2, 0.25) is 0 Å². The maximum atomic E-state index is 11.6. The quantitative estimate of drug-likeness (QED) is 0.370. The topological polar surface area (TPSA) is 104 Å². The summed E-state index contributed by atoms with van der Waals surface area (Å²) < 4.78 is 46.6. The molecule has 0 bridgehead atoms. The first-order valence-electron chi connectivity index (χ1n) is 16.3. The highest BCUT2D eigenvalue weighted by Crippen LogP contribution is 2.31. The predicted octanol–water partition coefficient (Wildman–Crippen LogP) is 5.31. The van der Waals surface area contributed by atoms with Crippen LogP contribution >= 0.6 is 0 Å². The van der Waals surface area contributed by atoms with Crippen molar-refractivity contribution in [3.8, 4) is 0 Å². The van der Waals surface area contributed by atoms with E-state index in [1.54, 1.807) is 0 Å². The Morgan fingerprint density at radius 1 is 0.537 bits per heavy atom. The fourth-order valence-corrected chi connectivity index (χ4v) is 10.1. The molecule has 3 heterocycles. The van der Waals surface area contributed by atoms with Crippen LogP contribution in [0.2, 0.25) is 0 Å². The third-order valence-corrected chi connectivity index (χ3v) is 13.1. The largest absolute Gasteiger partial charge is 0.309 e. The van der Waals surface area contributed by atoms with E-state index in [1.165, 1.54) is 19.3 Å². The highest BCUT2D eigenvalue weighted by Gasteiger charge is 2.36. The summed E-state index contributed by atoms with van der Waals surface area (Å²) in [4.78, 5) is 0. The van der Waals surface area contributed by atoms with Crippen LogP contribution in [-0.4, -0.2) is 75.6 Å². The van der Waals surface area contributed by atoms with Crippen LogP contribution in [0, 0.1) is 35.5 Å². The fraction of sp³-hybridized carbons (Fsp3) is 1.00. The molecule has 0 aliphatic carbocycles. The van der Waals surface area contributed by atoms with E-state index in [4.69, 9.17) is 0 Å². The van der Waals surface area contributed by atoms with Crippen molar-refractivity contribution < 1.29 is 16.8 Å². The molecule has 3 N–H and O–H groups in total. The van der Waals surface area contributed by atoms with Crippen LogP contribution in [0.3, 0.4) is 0 Å².